The minimum absolute atomic E-state index is 0.198. The highest BCUT2D eigenvalue weighted by Crippen LogP contribution is 2.12. The molecule has 116 valence electrons. The van der Waals surface area contributed by atoms with Crippen molar-refractivity contribution in [3.05, 3.63) is 66.0 Å². The van der Waals surface area contributed by atoms with Crippen molar-refractivity contribution in [2.45, 2.75) is 13.0 Å². The van der Waals surface area contributed by atoms with Crippen LogP contribution in [0, 0.1) is 5.82 Å². The first kappa shape index (κ1) is 15.8. The second-order valence-electron chi connectivity index (χ2n) is 4.83. The van der Waals surface area contributed by atoms with E-state index in [4.69, 9.17) is 4.74 Å². The maximum Gasteiger partial charge on any atom is 0.315 e. The first-order valence-corrected chi connectivity index (χ1v) is 7.13. The Morgan fingerprint density at radius 3 is 2.50 bits per heavy atom. The highest BCUT2D eigenvalue weighted by molar-refractivity contribution is 5.74. The smallest absolute Gasteiger partial charge is 0.315 e. The molecule has 2 aromatic rings. The maximum absolute atomic E-state index is 12.8. The number of benzene rings is 2. The summed E-state index contributed by atoms with van der Waals surface area (Å²) < 4.78 is 18.3. The second-order valence-corrected chi connectivity index (χ2v) is 4.83. The molecule has 0 aliphatic carbocycles. The molecule has 2 amide bonds. The molecule has 2 aromatic carbocycles. The van der Waals surface area contributed by atoms with E-state index in [1.165, 1.54) is 12.1 Å². The topological polar surface area (TPSA) is 50.4 Å². The summed E-state index contributed by atoms with van der Waals surface area (Å²) in [5.41, 5.74) is 0.845. The third-order valence-corrected chi connectivity index (χ3v) is 3.12. The van der Waals surface area contributed by atoms with Gasteiger partial charge in [-0.3, -0.25) is 0 Å². The van der Waals surface area contributed by atoms with Crippen molar-refractivity contribution in [1.29, 1.82) is 0 Å². The molecule has 0 aliphatic rings. The quantitative estimate of drug-likeness (QED) is 0.805. The Hall–Kier alpha value is -2.56. The van der Waals surface area contributed by atoms with E-state index in [-0.39, 0.29) is 17.9 Å². The average molecular weight is 302 g/mol. The first-order chi connectivity index (χ1) is 10.6. The van der Waals surface area contributed by atoms with Gasteiger partial charge in [0.05, 0.1) is 12.6 Å². The first-order valence-electron chi connectivity index (χ1n) is 7.13. The minimum Gasteiger partial charge on any atom is -0.492 e. The number of rotatable bonds is 6. The van der Waals surface area contributed by atoms with Crippen LogP contribution in [0.15, 0.2) is 54.6 Å². The van der Waals surface area contributed by atoms with Crippen LogP contribution >= 0.6 is 0 Å². The lowest BCUT2D eigenvalue weighted by molar-refractivity contribution is 0.233. The Morgan fingerprint density at radius 1 is 1.14 bits per heavy atom. The zero-order valence-corrected chi connectivity index (χ0v) is 12.4. The number of ether oxygens (including phenoxy) is 1. The van der Waals surface area contributed by atoms with Gasteiger partial charge in [-0.2, -0.15) is 0 Å². The van der Waals surface area contributed by atoms with E-state index in [0.29, 0.717) is 13.2 Å². The third kappa shape index (κ3) is 5.09. The van der Waals surface area contributed by atoms with Crippen molar-refractivity contribution >= 4 is 6.03 Å². The zero-order valence-electron chi connectivity index (χ0n) is 12.4. The van der Waals surface area contributed by atoms with Crippen LogP contribution in [0.5, 0.6) is 5.75 Å². The largest absolute Gasteiger partial charge is 0.492 e. The number of hydrogen-bond acceptors (Lipinski definition) is 2. The van der Waals surface area contributed by atoms with E-state index < -0.39 is 0 Å². The number of hydrogen-bond donors (Lipinski definition) is 2. The molecule has 0 aliphatic heterocycles. The summed E-state index contributed by atoms with van der Waals surface area (Å²) in [5, 5.41) is 5.50. The van der Waals surface area contributed by atoms with Gasteiger partial charge in [-0.05, 0) is 36.8 Å². The summed E-state index contributed by atoms with van der Waals surface area (Å²) in [5.74, 6) is 0.475. The summed E-state index contributed by atoms with van der Waals surface area (Å²) >= 11 is 0. The van der Waals surface area contributed by atoms with Crippen molar-refractivity contribution in [2.24, 2.45) is 0 Å². The fraction of sp³-hybridized carbons (Fsp3) is 0.235. The van der Waals surface area contributed by atoms with E-state index >= 15 is 0 Å². The Labute approximate surface area is 129 Å². The molecule has 0 spiro atoms. The van der Waals surface area contributed by atoms with Gasteiger partial charge < -0.3 is 15.4 Å². The summed E-state index contributed by atoms with van der Waals surface area (Å²) in [6, 6.07) is 15.0. The summed E-state index contributed by atoms with van der Waals surface area (Å²) in [6.07, 6.45) is 0. The number of carbonyl (C=O) groups excluding carboxylic acids is 1. The lowest BCUT2D eigenvalue weighted by Crippen LogP contribution is -2.38. The SMILES string of the molecule is CC(NC(=O)NCCOc1ccccc1)c1ccc(F)cc1. The maximum atomic E-state index is 12.8. The minimum atomic E-state index is -0.293. The number of carbonyl (C=O) groups is 1. The Bertz CT molecular complexity index is 587. The van der Waals surface area contributed by atoms with Gasteiger partial charge >= 0.3 is 6.03 Å². The van der Waals surface area contributed by atoms with Crippen LogP contribution in [0.2, 0.25) is 0 Å². The van der Waals surface area contributed by atoms with Crippen LogP contribution in [-0.4, -0.2) is 19.2 Å². The van der Waals surface area contributed by atoms with Crippen LogP contribution in [0.25, 0.3) is 0 Å². The van der Waals surface area contributed by atoms with E-state index in [9.17, 15) is 9.18 Å². The van der Waals surface area contributed by atoms with Crippen molar-refractivity contribution in [2.75, 3.05) is 13.2 Å². The molecule has 0 radical (unpaired) electrons. The number of amides is 2. The van der Waals surface area contributed by atoms with Gasteiger partial charge in [0.1, 0.15) is 18.2 Å². The highest BCUT2D eigenvalue weighted by atomic mass is 19.1. The van der Waals surface area contributed by atoms with Gasteiger partial charge in [0.15, 0.2) is 0 Å². The van der Waals surface area contributed by atoms with Crippen molar-refractivity contribution in [3.63, 3.8) is 0 Å². The molecule has 0 saturated carbocycles. The summed E-state index contributed by atoms with van der Waals surface area (Å²) in [4.78, 5) is 11.8. The number of halogens is 1. The van der Waals surface area contributed by atoms with Crippen molar-refractivity contribution in [3.8, 4) is 5.75 Å². The molecule has 1 unspecified atom stereocenters. The fourth-order valence-electron chi connectivity index (χ4n) is 1.93. The molecule has 4 nitrogen and oxygen atoms in total. The van der Waals surface area contributed by atoms with E-state index in [0.717, 1.165) is 11.3 Å². The van der Waals surface area contributed by atoms with E-state index in [1.807, 2.05) is 37.3 Å². The molecule has 2 N–H and O–H groups in total. The highest BCUT2D eigenvalue weighted by Gasteiger charge is 2.08. The Morgan fingerprint density at radius 2 is 1.82 bits per heavy atom. The normalized spacial score (nSPS) is 11.5. The van der Waals surface area contributed by atoms with Crippen LogP contribution in [-0.2, 0) is 0 Å². The summed E-state index contributed by atoms with van der Waals surface area (Å²) in [6.45, 7) is 2.63. The lowest BCUT2D eigenvalue weighted by Gasteiger charge is -2.15. The van der Waals surface area contributed by atoms with E-state index in [2.05, 4.69) is 10.6 Å². The number of nitrogens with one attached hydrogen (secondary N) is 2. The third-order valence-electron chi connectivity index (χ3n) is 3.12. The predicted molar refractivity (Wildman–Crippen MR) is 83.3 cm³/mol. The average Bonchev–Trinajstić information content (AvgIpc) is 2.53. The monoisotopic (exact) mass is 302 g/mol. The van der Waals surface area contributed by atoms with Gasteiger partial charge in [0.2, 0.25) is 0 Å². The predicted octanol–water partition coefficient (Wildman–Crippen LogP) is 3.26. The van der Waals surface area contributed by atoms with Gasteiger partial charge in [0, 0.05) is 0 Å². The van der Waals surface area contributed by atoms with Crippen molar-refractivity contribution in [1.82, 2.24) is 10.6 Å². The molecule has 0 fully saturated rings. The molecular weight excluding hydrogens is 283 g/mol. The van der Waals surface area contributed by atoms with Crippen LogP contribution < -0.4 is 15.4 Å². The molecule has 0 heterocycles. The molecule has 0 bridgehead atoms. The molecule has 0 saturated heterocycles. The van der Waals surface area contributed by atoms with Crippen LogP contribution in [0.3, 0.4) is 0 Å². The van der Waals surface area contributed by atoms with E-state index in [1.54, 1.807) is 12.1 Å². The molecular formula is C17H19FN2O2. The molecule has 5 heteroatoms. The zero-order chi connectivity index (χ0) is 15.8. The Kier molecular flexibility index (Phi) is 5.77. The van der Waals surface area contributed by atoms with Crippen molar-refractivity contribution < 1.29 is 13.9 Å². The lowest BCUT2D eigenvalue weighted by atomic mass is 10.1. The second kappa shape index (κ2) is 8.02. The van der Waals surface area contributed by atoms with Gasteiger partial charge in [-0.1, -0.05) is 30.3 Å². The molecule has 0 aromatic heterocycles. The van der Waals surface area contributed by atoms with Gasteiger partial charge in [0.25, 0.3) is 0 Å². The van der Waals surface area contributed by atoms with Crippen LogP contribution in [0.1, 0.15) is 18.5 Å². The molecule has 1 atom stereocenters. The number of para-hydroxylation sites is 1. The van der Waals surface area contributed by atoms with Gasteiger partial charge in [-0.15, -0.1) is 0 Å². The van der Waals surface area contributed by atoms with Crippen LogP contribution in [0.4, 0.5) is 9.18 Å². The standard InChI is InChI=1S/C17H19FN2O2/c1-13(14-7-9-15(18)10-8-14)20-17(21)19-11-12-22-16-5-3-2-4-6-16/h2-10,13H,11-12H2,1H3,(H2,19,20,21). The number of urea groups is 1. The van der Waals surface area contributed by atoms with Gasteiger partial charge in [-0.25, -0.2) is 9.18 Å². The fourth-order valence-corrected chi connectivity index (χ4v) is 1.93. The Balaban J connectivity index is 1.68. The molecule has 22 heavy (non-hydrogen) atoms. The summed E-state index contributed by atoms with van der Waals surface area (Å²) in [7, 11) is 0. The molecule has 2 rings (SSSR count).